The molecular weight excluding hydrogens is 137 g/mol. The van der Waals surface area contributed by atoms with E-state index in [0.29, 0.717) is 0 Å². The van der Waals surface area contributed by atoms with E-state index < -0.39 is 12.8 Å². The van der Waals surface area contributed by atoms with Gasteiger partial charge in [0.2, 0.25) is 0 Å². The third-order valence-corrected chi connectivity index (χ3v) is 0.424. The van der Waals surface area contributed by atoms with Crippen LogP contribution in [0, 0.1) is 0 Å². The summed E-state index contributed by atoms with van der Waals surface area (Å²) in [6.45, 7) is 0.313. The van der Waals surface area contributed by atoms with Crippen LogP contribution in [0.1, 0.15) is 6.92 Å². The molecule has 0 aliphatic carbocycles. The first-order chi connectivity index (χ1) is 4.06. The second kappa shape index (κ2) is 3.68. The summed E-state index contributed by atoms with van der Waals surface area (Å²) in [7, 11) is 0. The molecule has 0 aromatic carbocycles. The summed E-state index contributed by atoms with van der Waals surface area (Å²) >= 11 is 0. The lowest BCUT2D eigenvalue weighted by atomic mass is 10.7. The van der Waals surface area contributed by atoms with E-state index in [9.17, 15) is 13.2 Å². The van der Waals surface area contributed by atoms with Crippen LogP contribution in [0.5, 0.6) is 0 Å². The fraction of sp³-hybridized carbons (Fsp3) is 1.00. The Kier molecular flexibility index (Phi) is 3.56. The highest BCUT2D eigenvalue weighted by atomic mass is 19.4. The maximum atomic E-state index is 11.2. The van der Waals surface area contributed by atoms with Crippen molar-refractivity contribution in [2.24, 2.45) is 0 Å². The van der Waals surface area contributed by atoms with Gasteiger partial charge >= 0.3 is 6.18 Å². The Morgan fingerprint density at radius 1 is 1.22 bits per heavy atom. The molecule has 0 saturated carbocycles. The van der Waals surface area contributed by atoms with Gasteiger partial charge in [0.15, 0.2) is 6.61 Å². The second-order valence-corrected chi connectivity index (χ2v) is 1.28. The zero-order valence-electron chi connectivity index (χ0n) is 4.86. The van der Waals surface area contributed by atoms with Gasteiger partial charge in [-0.05, 0) is 6.92 Å². The Hall–Kier alpha value is -0.290. The highest BCUT2D eigenvalue weighted by Crippen LogP contribution is 2.14. The van der Waals surface area contributed by atoms with Gasteiger partial charge in [-0.1, -0.05) is 0 Å². The van der Waals surface area contributed by atoms with Gasteiger partial charge in [-0.25, -0.2) is 9.78 Å². The normalized spacial score (nSPS) is 12.0. The monoisotopic (exact) mass is 144 g/mol. The Labute approximate surface area is 50.5 Å². The smallest absolute Gasteiger partial charge is 0.237 e. The van der Waals surface area contributed by atoms with Crippen molar-refractivity contribution in [2.75, 3.05) is 13.2 Å². The van der Waals surface area contributed by atoms with Crippen LogP contribution >= 0.6 is 0 Å². The first-order valence-electron chi connectivity index (χ1n) is 2.37. The first-order valence-corrected chi connectivity index (χ1v) is 2.37. The summed E-state index contributed by atoms with van der Waals surface area (Å²) in [5.41, 5.74) is 0. The third-order valence-electron chi connectivity index (χ3n) is 0.424. The minimum absolute atomic E-state index is 0.121. The SMILES string of the molecule is CCOOCC(F)(F)F. The molecule has 0 saturated heterocycles. The van der Waals surface area contributed by atoms with Crippen molar-refractivity contribution in [1.82, 2.24) is 0 Å². The maximum absolute atomic E-state index is 11.2. The van der Waals surface area contributed by atoms with Gasteiger partial charge in [0.1, 0.15) is 0 Å². The van der Waals surface area contributed by atoms with Crippen molar-refractivity contribution in [3.05, 3.63) is 0 Å². The van der Waals surface area contributed by atoms with Gasteiger partial charge < -0.3 is 0 Å². The van der Waals surface area contributed by atoms with Crippen LogP contribution in [0.2, 0.25) is 0 Å². The minimum atomic E-state index is -4.30. The molecule has 0 spiro atoms. The largest absolute Gasteiger partial charge is 0.414 e. The van der Waals surface area contributed by atoms with Crippen LogP contribution in [-0.4, -0.2) is 19.4 Å². The highest BCUT2D eigenvalue weighted by molar-refractivity contribution is 4.41. The third kappa shape index (κ3) is 7.71. The van der Waals surface area contributed by atoms with Crippen molar-refractivity contribution >= 4 is 0 Å². The molecule has 0 atom stereocenters. The zero-order valence-corrected chi connectivity index (χ0v) is 4.86. The van der Waals surface area contributed by atoms with Gasteiger partial charge in [-0.15, -0.1) is 0 Å². The van der Waals surface area contributed by atoms with Gasteiger partial charge in [-0.3, -0.25) is 0 Å². The molecule has 0 rings (SSSR count). The average molecular weight is 144 g/mol. The standard InChI is InChI=1S/C4H7F3O2/c1-2-8-9-3-4(5,6)7/h2-3H2,1H3. The molecule has 0 fully saturated rings. The van der Waals surface area contributed by atoms with Crippen LogP contribution < -0.4 is 0 Å². The molecule has 0 bridgehead atoms. The van der Waals surface area contributed by atoms with Crippen molar-refractivity contribution in [3.63, 3.8) is 0 Å². The molecule has 0 radical (unpaired) electrons. The Balaban J connectivity index is 3.07. The quantitative estimate of drug-likeness (QED) is 0.339. The zero-order chi connectivity index (χ0) is 7.33. The van der Waals surface area contributed by atoms with E-state index in [-0.39, 0.29) is 6.61 Å². The molecular formula is C4H7F3O2. The first kappa shape index (κ1) is 8.71. The lowest BCUT2D eigenvalue weighted by Crippen LogP contribution is -2.16. The number of rotatable bonds is 3. The number of alkyl halides is 3. The molecule has 0 N–H and O–H groups in total. The summed E-state index contributed by atoms with van der Waals surface area (Å²) in [4.78, 5) is 7.71. The van der Waals surface area contributed by atoms with Gasteiger partial charge in [0, 0.05) is 0 Å². The van der Waals surface area contributed by atoms with E-state index in [2.05, 4.69) is 9.78 Å². The molecule has 5 heteroatoms. The summed E-state index contributed by atoms with van der Waals surface area (Å²) in [6.07, 6.45) is -4.30. The molecule has 2 nitrogen and oxygen atoms in total. The number of hydrogen-bond donors (Lipinski definition) is 0. The van der Waals surface area contributed by atoms with E-state index in [1.165, 1.54) is 6.92 Å². The highest BCUT2D eigenvalue weighted by Gasteiger charge is 2.28. The molecule has 0 heterocycles. The topological polar surface area (TPSA) is 18.5 Å². The van der Waals surface area contributed by atoms with Crippen molar-refractivity contribution in [3.8, 4) is 0 Å². The van der Waals surface area contributed by atoms with Crippen molar-refractivity contribution in [1.29, 1.82) is 0 Å². The van der Waals surface area contributed by atoms with Gasteiger partial charge in [0.05, 0.1) is 6.61 Å². The number of halogens is 3. The van der Waals surface area contributed by atoms with Gasteiger partial charge in [-0.2, -0.15) is 13.2 Å². The predicted molar refractivity (Wildman–Crippen MR) is 23.6 cm³/mol. The van der Waals surface area contributed by atoms with Crippen LogP contribution in [-0.2, 0) is 9.78 Å². The lowest BCUT2D eigenvalue weighted by Gasteiger charge is -2.04. The minimum Gasteiger partial charge on any atom is -0.237 e. The molecule has 0 aromatic heterocycles. The molecule has 9 heavy (non-hydrogen) atoms. The molecule has 0 aromatic rings. The van der Waals surface area contributed by atoms with Crippen LogP contribution in [0.3, 0.4) is 0 Å². The fourth-order valence-electron chi connectivity index (χ4n) is 0.192. The van der Waals surface area contributed by atoms with Crippen LogP contribution in [0.15, 0.2) is 0 Å². The average Bonchev–Trinajstić information content (AvgIpc) is 1.63. The summed E-state index contributed by atoms with van der Waals surface area (Å²) in [6, 6.07) is 0. The molecule has 0 aliphatic heterocycles. The van der Waals surface area contributed by atoms with E-state index in [4.69, 9.17) is 0 Å². The van der Waals surface area contributed by atoms with Crippen molar-refractivity contribution < 1.29 is 22.9 Å². The molecule has 0 aliphatic rings. The van der Waals surface area contributed by atoms with E-state index in [1.807, 2.05) is 0 Å². The second-order valence-electron chi connectivity index (χ2n) is 1.28. The maximum Gasteiger partial charge on any atom is 0.414 e. The lowest BCUT2D eigenvalue weighted by molar-refractivity contribution is -0.338. The predicted octanol–water partition coefficient (Wildman–Crippen LogP) is 1.52. The van der Waals surface area contributed by atoms with Gasteiger partial charge in [0.25, 0.3) is 0 Å². The van der Waals surface area contributed by atoms with E-state index >= 15 is 0 Å². The Morgan fingerprint density at radius 3 is 2.11 bits per heavy atom. The summed E-state index contributed by atoms with van der Waals surface area (Å²) in [5, 5.41) is 0. The molecule has 0 unspecified atom stereocenters. The number of hydrogen-bond acceptors (Lipinski definition) is 2. The Bertz CT molecular complexity index is 70.7. The Morgan fingerprint density at radius 2 is 1.78 bits per heavy atom. The van der Waals surface area contributed by atoms with Crippen LogP contribution in [0.4, 0.5) is 13.2 Å². The molecule has 0 amide bonds. The van der Waals surface area contributed by atoms with E-state index in [0.717, 1.165) is 0 Å². The van der Waals surface area contributed by atoms with Crippen molar-refractivity contribution in [2.45, 2.75) is 13.1 Å². The molecule has 56 valence electrons. The summed E-state index contributed by atoms with van der Waals surface area (Å²) < 4.78 is 33.5. The fourth-order valence-corrected chi connectivity index (χ4v) is 0.192. The van der Waals surface area contributed by atoms with E-state index in [1.54, 1.807) is 0 Å². The van der Waals surface area contributed by atoms with Crippen LogP contribution in [0.25, 0.3) is 0 Å². The summed E-state index contributed by atoms with van der Waals surface area (Å²) in [5.74, 6) is 0.